The van der Waals surface area contributed by atoms with Gasteiger partial charge in [-0.25, -0.2) is 0 Å². The first-order valence-corrected chi connectivity index (χ1v) is 7.45. The molecule has 0 radical (unpaired) electrons. The number of ether oxygens (including phenoxy) is 2. The summed E-state index contributed by atoms with van der Waals surface area (Å²) in [6.45, 7) is 0.701. The molecule has 1 aromatic carbocycles. The molecule has 0 bridgehead atoms. The van der Waals surface area contributed by atoms with Crippen molar-refractivity contribution in [2.75, 3.05) is 21.3 Å². The fraction of sp³-hybridized carbons (Fsp3) is 0.562. The zero-order valence-corrected chi connectivity index (χ0v) is 13.1. The van der Waals surface area contributed by atoms with E-state index in [9.17, 15) is 0 Å². The highest BCUT2D eigenvalue weighted by molar-refractivity contribution is 5.80. The number of methoxy groups -OCH3 is 2. The predicted octanol–water partition coefficient (Wildman–Crippen LogP) is 2.31. The number of nitrogens with zero attached hydrogens (tertiary/aromatic N) is 1. The molecular formula is C16H25N3O2. The van der Waals surface area contributed by atoms with Gasteiger partial charge in [0.2, 0.25) is 0 Å². The van der Waals surface area contributed by atoms with Crippen LogP contribution in [0.4, 0.5) is 0 Å². The summed E-state index contributed by atoms with van der Waals surface area (Å²) in [5.74, 6) is 2.35. The van der Waals surface area contributed by atoms with Crippen molar-refractivity contribution >= 4 is 5.96 Å². The quantitative estimate of drug-likeness (QED) is 0.646. The first-order valence-electron chi connectivity index (χ1n) is 7.45. The molecular weight excluding hydrogens is 266 g/mol. The minimum absolute atomic E-state index is 0.557. The van der Waals surface area contributed by atoms with E-state index < -0.39 is 0 Å². The Labute approximate surface area is 126 Å². The number of guanidine groups is 1. The molecule has 0 unspecified atom stereocenters. The van der Waals surface area contributed by atoms with E-state index in [1.807, 2.05) is 18.2 Å². The molecule has 0 heterocycles. The van der Waals surface area contributed by atoms with Crippen LogP contribution in [0.15, 0.2) is 23.2 Å². The second kappa shape index (κ2) is 7.76. The monoisotopic (exact) mass is 291 g/mol. The van der Waals surface area contributed by atoms with Crippen molar-refractivity contribution in [3.05, 3.63) is 23.8 Å². The van der Waals surface area contributed by atoms with E-state index in [4.69, 9.17) is 9.47 Å². The molecule has 0 saturated heterocycles. The average molecular weight is 291 g/mol. The molecule has 0 atom stereocenters. The normalized spacial score (nSPS) is 15.9. The molecule has 5 heteroatoms. The van der Waals surface area contributed by atoms with Crippen LogP contribution in [0.2, 0.25) is 0 Å². The van der Waals surface area contributed by atoms with Crippen LogP contribution in [-0.2, 0) is 6.54 Å². The van der Waals surface area contributed by atoms with Crippen LogP contribution in [-0.4, -0.2) is 33.3 Å². The molecule has 0 spiro atoms. The number of rotatable bonds is 5. The Hall–Kier alpha value is -1.91. The van der Waals surface area contributed by atoms with Crippen molar-refractivity contribution in [3.63, 3.8) is 0 Å². The zero-order chi connectivity index (χ0) is 15.1. The Morgan fingerprint density at radius 3 is 2.52 bits per heavy atom. The van der Waals surface area contributed by atoms with Crippen molar-refractivity contribution in [1.82, 2.24) is 10.6 Å². The standard InChI is InChI=1S/C16H25N3O2/c1-17-16(19-13-6-4-5-7-13)18-11-12-8-9-14(20-2)15(10-12)21-3/h8-10,13H,4-7,11H2,1-3H3,(H2,17,18,19). The van der Waals surface area contributed by atoms with Crippen molar-refractivity contribution in [3.8, 4) is 11.5 Å². The summed E-state index contributed by atoms with van der Waals surface area (Å²) in [6.07, 6.45) is 5.09. The molecule has 21 heavy (non-hydrogen) atoms. The predicted molar refractivity (Wildman–Crippen MR) is 85.1 cm³/mol. The maximum atomic E-state index is 5.32. The zero-order valence-electron chi connectivity index (χ0n) is 13.1. The molecule has 2 N–H and O–H groups in total. The second-order valence-corrected chi connectivity index (χ2v) is 5.24. The number of aliphatic imine (C=N–C) groups is 1. The summed E-state index contributed by atoms with van der Waals surface area (Å²) in [5, 5.41) is 6.81. The molecule has 0 aromatic heterocycles. The van der Waals surface area contributed by atoms with Crippen LogP contribution in [0.25, 0.3) is 0 Å². The average Bonchev–Trinajstić information content (AvgIpc) is 3.04. The van der Waals surface area contributed by atoms with Gasteiger partial charge < -0.3 is 20.1 Å². The smallest absolute Gasteiger partial charge is 0.191 e. The van der Waals surface area contributed by atoms with Crippen LogP contribution in [0, 0.1) is 0 Å². The van der Waals surface area contributed by atoms with E-state index in [0.717, 1.165) is 23.0 Å². The lowest BCUT2D eigenvalue weighted by molar-refractivity contribution is 0.354. The number of benzene rings is 1. The molecule has 2 rings (SSSR count). The van der Waals surface area contributed by atoms with Gasteiger partial charge in [-0.1, -0.05) is 18.9 Å². The van der Waals surface area contributed by atoms with Gasteiger partial charge in [0.05, 0.1) is 14.2 Å². The minimum Gasteiger partial charge on any atom is -0.493 e. The van der Waals surface area contributed by atoms with Gasteiger partial charge in [0.25, 0.3) is 0 Å². The van der Waals surface area contributed by atoms with Gasteiger partial charge in [-0.3, -0.25) is 4.99 Å². The summed E-state index contributed by atoms with van der Waals surface area (Å²) >= 11 is 0. The van der Waals surface area contributed by atoms with Gasteiger partial charge >= 0.3 is 0 Å². The van der Waals surface area contributed by atoms with Crippen molar-refractivity contribution in [2.45, 2.75) is 38.3 Å². The fourth-order valence-electron chi connectivity index (χ4n) is 2.63. The summed E-state index contributed by atoms with van der Waals surface area (Å²) in [6, 6.07) is 6.48. The third-order valence-electron chi connectivity index (χ3n) is 3.83. The molecule has 1 saturated carbocycles. The first-order chi connectivity index (χ1) is 10.3. The van der Waals surface area contributed by atoms with E-state index in [-0.39, 0.29) is 0 Å². The minimum atomic E-state index is 0.557. The first kappa shape index (κ1) is 15.5. The van der Waals surface area contributed by atoms with E-state index in [2.05, 4.69) is 15.6 Å². The Morgan fingerprint density at radius 1 is 1.19 bits per heavy atom. The molecule has 1 aliphatic carbocycles. The highest BCUT2D eigenvalue weighted by atomic mass is 16.5. The van der Waals surface area contributed by atoms with Gasteiger partial charge in [0.15, 0.2) is 17.5 Å². The van der Waals surface area contributed by atoms with Gasteiger partial charge in [-0.05, 0) is 30.5 Å². The second-order valence-electron chi connectivity index (χ2n) is 5.24. The summed E-state index contributed by atoms with van der Waals surface area (Å²) in [4.78, 5) is 4.28. The lowest BCUT2D eigenvalue weighted by Gasteiger charge is -2.17. The topological polar surface area (TPSA) is 54.9 Å². The maximum Gasteiger partial charge on any atom is 0.191 e. The molecule has 116 valence electrons. The summed E-state index contributed by atoms with van der Waals surface area (Å²) in [7, 11) is 5.09. The van der Waals surface area contributed by atoms with Crippen LogP contribution in [0.5, 0.6) is 11.5 Å². The lowest BCUT2D eigenvalue weighted by Crippen LogP contribution is -2.41. The van der Waals surface area contributed by atoms with E-state index in [1.165, 1.54) is 25.7 Å². The third kappa shape index (κ3) is 4.28. The van der Waals surface area contributed by atoms with E-state index >= 15 is 0 Å². The van der Waals surface area contributed by atoms with Crippen molar-refractivity contribution in [2.24, 2.45) is 4.99 Å². The van der Waals surface area contributed by atoms with Gasteiger partial charge in [0.1, 0.15) is 0 Å². The fourth-order valence-corrected chi connectivity index (χ4v) is 2.63. The van der Waals surface area contributed by atoms with Crippen LogP contribution in [0.3, 0.4) is 0 Å². The maximum absolute atomic E-state index is 5.32. The molecule has 0 amide bonds. The SMILES string of the molecule is CN=C(NCc1ccc(OC)c(OC)c1)NC1CCCC1. The summed E-state index contributed by atoms with van der Waals surface area (Å²) in [5.41, 5.74) is 1.13. The van der Waals surface area contributed by atoms with E-state index in [1.54, 1.807) is 21.3 Å². The number of nitrogens with one attached hydrogen (secondary N) is 2. The summed E-state index contributed by atoms with van der Waals surface area (Å²) < 4.78 is 10.6. The largest absolute Gasteiger partial charge is 0.493 e. The Bertz CT molecular complexity index is 482. The number of hydrogen-bond acceptors (Lipinski definition) is 3. The third-order valence-corrected chi connectivity index (χ3v) is 3.83. The van der Waals surface area contributed by atoms with Gasteiger partial charge in [-0.15, -0.1) is 0 Å². The van der Waals surface area contributed by atoms with Crippen LogP contribution >= 0.6 is 0 Å². The lowest BCUT2D eigenvalue weighted by atomic mass is 10.2. The Kier molecular flexibility index (Phi) is 5.72. The molecule has 1 aliphatic rings. The van der Waals surface area contributed by atoms with Gasteiger partial charge in [-0.2, -0.15) is 0 Å². The highest BCUT2D eigenvalue weighted by Gasteiger charge is 2.15. The molecule has 1 fully saturated rings. The van der Waals surface area contributed by atoms with E-state index in [0.29, 0.717) is 12.6 Å². The number of hydrogen-bond donors (Lipinski definition) is 2. The molecule has 0 aliphatic heterocycles. The Balaban J connectivity index is 1.91. The highest BCUT2D eigenvalue weighted by Crippen LogP contribution is 2.27. The van der Waals surface area contributed by atoms with Crippen molar-refractivity contribution < 1.29 is 9.47 Å². The van der Waals surface area contributed by atoms with Crippen molar-refractivity contribution in [1.29, 1.82) is 0 Å². The Morgan fingerprint density at radius 2 is 1.90 bits per heavy atom. The van der Waals surface area contributed by atoms with Crippen LogP contribution < -0.4 is 20.1 Å². The molecule has 5 nitrogen and oxygen atoms in total. The molecule has 1 aromatic rings. The van der Waals surface area contributed by atoms with Gasteiger partial charge in [0, 0.05) is 19.6 Å². The van der Waals surface area contributed by atoms with Crippen LogP contribution in [0.1, 0.15) is 31.2 Å².